The molecule has 3 rings (SSSR count). The van der Waals surface area contributed by atoms with E-state index >= 15 is 0 Å². The van der Waals surface area contributed by atoms with Gasteiger partial charge in [-0.3, -0.25) is 0 Å². The van der Waals surface area contributed by atoms with Crippen molar-refractivity contribution in [1.29, 1.82) is 0 Å². The molecule has 0 spiro atoms. The molecule has 0 aliphatic carbocycles. The van der Waals surface area contributed by atoms with Crippen molar-refractivity contribution in [2.24, 2.45) is 5.10 Å². The van der Waals surface area contributed by atoms with Crippen molar-refractivity contribution in [1.82, 2.24) is 4.83 Å². The summed E-state index contributed by atoms with van der Waals surface area (Å²) in [6.07, 6.45) is 0. The summed E-state index contributed by atoms with van der Waals surface area (Å²) in [5.74, 6) is 0.793. The molecule has 6 heteroatoms. The number of benzene rings is 3. The molecular weight excluding hydrogens is 336 g/mol. The zero-order valence-electron chi connectivity index (χ0n) is 13.9. The maximum atomic E-state index is 12.2. The first-order valence-electron chi connectivity index (χ1n) is 7.69. The minimum Gasteiger partial charge on any atom is -0.497 e. The Morgan fingerprint density at radius 1 is 0.960 bits per heavy atom. The summed E-state index contributed by atoms with van der Waals surface area (Å²) in [5, 5.41) is 6.11. The maximum Gasteiger partial charge on any atom is 0.276 e. The van der Waals surface area contributed by atoms with Crippen LogP contribution < -0.4 is 9.57 Å². The molecule has 0 aliphatic heterocycles. The highest BCUT2D eigenvalue weighted by Gasteiger charge is 2.12. The Morgan fingerprint density at radius 2 is 1.64 bits per heavy atom. The van der Waals surface area contributed by atoms with E-state index in [1.807, 2.05) is 36.4 Å². The summed E-state index contributed by atoms with van der Waals surface area (Å²) in [4.78, 5) is 2.46. The monoisotopic (exact) mass is 354 g/mol. The van der Waals surface area contributed by atoms with Gasteiger partial charge in [0.15, 0.2) is 0 Å². The predicted molar refractivity (Wildman–Crippen MR) is 99.5 cm³/mol. The lowest BCUT2D eigenvalue weighted by Gasteiger charge is -2.07. The van der Waals surface area contributed by atoms with Crippen LogP contribution in [0, 0.1) is 0 Å². The van der Waals surface area contributed by atoms with Crippen LogP contribution in [0.25, 0.3) is 10.8 Å². The molecule has 0 unspecified atom stereocenters. The summed E-state index contributed by atoms with van der Waals surface area (Å²) in [5.41, 5.74) is 1.42. The van der Waals surface area contributed by atoms with Crippen molar-refractivity contribution in [3.05, 3.63) is 72.3 Å². The number of rotatable bonds is 5. The molecule has 0 aromatic heterocycles. The van der Waals surface area contributed by atoms with E-state index < -0.39 is 10.0 Å². The number of hydrogen-bond acceptors (Lipinski definition) is 4. The molecule has 0 radical (unpaired) electrons. The number of ether oxygens (including phenoxy) is 1. The van der Waals surface area contributed by atoms with Gasteiger partial charge in [0.25, 0.3) is 10.0 Å². The van der Waals surface area contributed by atoms with Crippen molar-refractivity contribution < 1.29 is 13.2 Å². The highest BCUT2D eigenvalue weighted by molar-refractivity contribution is 7.89. The highest BCUT2D eigenvalue weighted by Crippen LogP contribution is 2.22. The van der Waals surface area contributed by atoms with Crippen LogP contribution in [-0.4, -0.2) is 21.2 Å². The SMILES string of the molecule is COc1ccc2cc(C(C)=NNS(=O)(=O)c3ccccc3)ccc2c1. The quantitative estimate of drug-likeness (QED) is 0.563. The molecule has 0 amide bonds. The summed E-state index contributed by atoms with van der Waals surface area (Å²) >= 11 is 0. The van der Waals surface area contributed by atoms with Gasteiger partial charge in [0, 0.05) is 0 Å². The third-order valence-corrected chi connectivity index (χ3v) is 5.08. The van der Waals surface area contributed by atoms with E-state index in [-0.39, 0.29) is 4.90 Å². The number of nitrogens with zero attached hydrogens (tertiary/aromatic N) is 1. The highest BCUT2D eigenvalue weighted by atomic mass is 32.2. The van der Waals surface area contributed by atoms with E-state index in [9.17, 15) is 8.42 Å². The average molecular weight is 354 g/mol. The lowest BCUT2D eigenvalue weighted by Crippen LogP contribution is -2.19. The summed E-state index contributed by atoms with van der Waals surface area (Å²) in [6.45, 7) is 1.76. The van der Waals surface area contributed by atoms with E-state index in [1.165, 1.54) is 12.1 Å². The molecule has 3 aromatic rings. The number of hydrazone groups is 1. The largest absolute Gasteiger partial charge is 0.497 e. The predicted octanol–water partition coefficient (Wildman–Crippen LogP) is 3.55. The third-order valence-electron chi connectivity index (χ3n) is 3.85. The fourth-order valence-corrected chi connectivity index (χ4v) is 3.30. The van der Waals surface area contributed by atoms with Crippen LogP contribution in [0.15, 0.2) is 76.7 Å². The van der Waals surface area contributed by atoms with E-state index in [4.69, 9.17) is 4.74 Å². The number of methoxy groups -OCH3 is 1. The summed E-state index contributed by atoms with van der Waals surface area (Å²) < 4.78 is 29.7. The molecule has 0 bridgehead atoms. The second-order valence-corrected chi connectivity index (χ2v) is 7.19. The molecule has 25 heavy (non-hydrogen) atoms. The number of sulfonamides is 1. The van der Waals surface area contributed by atoms with E-state index in [0.29, 0.717) is 5.71 Å². The Kier molecular flexibility index (Phi) is 4.72. The Labute approximate surface area is 147 Å². The Hall–Kier alpha value is -2.86. The normalized spacial score (nSPS) is 12.2. The number of fused-ring (bicyclic) bond motifs is 1. The Morgan fingerprint density at radius 3 is 2.36 bits per heavy atom. The lowest BCUT2D eigenvalue weighted by molar-refractivity contribution is 0.415. The van der Waals surface area contributed by atoms with Crippen LogP contribution in [0.3, 0.4) is 0 Å². The molecule has 5 nitrogen and oxygen atoms in total. The molecule has 3 aromatic carbocycles. The van der Waals surface area contributed by atoms with Gasteiger partial charge in [-0.15, -0.1) is 0 Å². The standard InChI is InChI=1S/C19H18N2O3S/c1-14(20-21-25(22,23)19-6-4-3-5-7-19)15-8-9-17-13-18(24-2)11-10-16(17)12-15/h3-13,21H,1-2H3. The van der Waals surface area contributed by atoms with Crippen molar-refractivity contribution >= 4 is 26.5 Å². The first-order chi connectivity index (χ1) is 12.0. The second-order valence-electron chi connectivity index (χ2n) is 5.53. The molecule has 0 atom stereocenters. The van der Waals surface area contributed by atoms with Crippen LogP contribution >= 0.6 is 0 Å². The summed E-state index contributed by atoms with van der Waals surface area (Å²) in [6, 6.07) is 19.8. The zero-order chi connectivity index (χ0) is 17.9. The van der Waals surface area contributed by atoms with Gasteiger partial charge >= 0.3 is 0 Å². The zero-order valence-corrected chi connectivity index (χ0v) is 14.7. The smallest absolute Gasteiger partial charge is 0.276 e. The topological polar surface area (TPSA) is 67.8 Å². The number of nitrogens with one attached hydrogen (secondary N) is 1. The van der Waals surface area contributed by atoms with Crippen molar-refractivity contribution in [3.8, 4) is 5.75 Å². The molecule has 0 saturated carbocycles. The average Bonchev–Trinajstić information content (AvgIpc) is 2.66. The van der Waals surface area contributed by atoms with Gasteiger partial charge in [-0.05, 0) is 53.6 Å². The molecule has 0 saturated heterocycles. The Bertz CT molecular complexity index is 1030. The molecule has 128 valence electrons. The molecule has 0 heterocycles. The maximum absolute atomic E-state index is 12.2. The van der Waals surface area contributed by atoms with E-state index in [1.54, 1.807) is 32.2 Å². The van der Waals surface area contributed by atoms with Crippen LogP contribution in [-0.2, 0) is 10.0 Å². The molecule has 0 aliphatic rings. The van der Waals surface area contributed by atoms with Gasteiger partial charge < -0.3 is 4.74 Å². The third kappa shape index (κ3) is 3.80. The van der Waals surface area contributed by atoms with Crippen LogP contribution in [0.5, 0.6) is 5.75 Å². The van der Waals surface area contributed by atoms with E-state index in [0.717, 1.165) is 22.1 Å². The minimum atomic E-state index is -3.67. The van der Waals surface area contributed by atoms with Gasteiger partial charge in [0.1, 0.15) is 5.75 Å². The van der Waals surface area contributed by atoms with Gasteiger partial charge in [-0.1, -0.05) is 36.4 Å². The fourth-order valence-electron chi connectivity index (χ4n) is 2.42. The lowest BCUT2D eigenvalue weighted by atomic mass is 10.0. The van der Waals surface area contributed by atoms with Crippen molar-refractivity contribution in [3.63, 3.8) is 0 Å². The van der Waals surface area contributed by atoms with Crippen LogP contribution in [0.1, 0.15) is 12.5 Å². The number of hydrogen-bond donors (Lipinski definition) is 1. The van der Waals surface area contributed by atoms with E-state index in [2.05, 4.69) is 9.93 Å². The molecule has 0 fully saturated rings. The van der Waals surface area contributed by atoms with Gasteiger partial charge in [-0.2, -0.15) is 18.4 Å². The summed E-state index contributed by atoms with van der Waals surface area (Å²) in [7, 11) is -2.04. The van der Waals surface area contributed by atoms with Crippen LogP contribution in [0.2, 0.25) is 0 Å². The second kappa shape index (κ2) is 6.94. The molecule has 1 N–H and O–H groups in total. The van der Waals surface area contributed by atoms with Gasteiger partial charge in [0.2, 0.25) is 0 Å². The fraction of sp³-hybridized carbons (Fsp3) is 0.105. The van der Waals surface area contributed by atoms with Gasteiger partial charge in [0.05, 0.1) is 17.7 Å². The van der Waals surface area contributed by atoms with Crippen molar-refractivity contribution in [2.75, 3.05) is 7.11 Å². The molecular formula is C19H18N2O3S. The van der Waals surface area contributed by atoms with Crippen molar-refractivity contribution in [2.45, 2.75) is 11.8 Å². The minimum absolute atomic E-state index is 0.178. The first-order valence-corrected chi connectivity index (χ1v) is 9.17. The Balaban J connectivity index is 1.86. The first kappa shape index (κ1) is 17.0. The van der Waals surface area contributed by atoms with Gasteiger partial charge in [-0.25, -0.2) is 0 Å². The van der Waals surface area contributed by atoms with Crippen LogP contribution in [0.4, 0.5) is 0 Å².